The van der Waals surface area contributed by atoms with Gasteiger partial charge >= 0.3 is 12.2 Å². The van der Waals surface area contributed by atoms with Gasteiger partial charge in [-0.05, 0) is 20.8 Å². The highest BCUT2D eigenvalue weighted by molar-refractivity contribution is 5.85. The van der Waals surface area contributed by atoms with Crippen LogP contribution in [0.25, 0.3) is 0 Å². The molecular weight excluding hydrogens is 260 g/mol. The summed E-state index contributed by atoms with van der Waals surface area (Å²) in [6.45, 7) is 7.40. The predicted octanol–water partition coefficient (Wildman–Crippen LogP) is 1.73. The van der Waals surface area contributed by atoms with Crippen LogP contribution >= 0.6 is 12.4 Å². The standard InChI is InChI=1S/C11H20N2O4.ClH/c1-11(2,3)17-10(15)13-7-5-12(6-8-13)9(14)16-4;/h5-8H2,1-4H3;1H. The summed E-state index contributed by atoms with van der Waals surface area (Å²) in [5.74, 6) is 0. The molecule has 0 aromatic heterocycles. The van der Waals surface area contributed by atoms with Crippen LogP contribution < -0.4 is 0 Å². The molecule has 1 saturated heterocycles. The van der Waals surface area contributed by atoms with Gasteiger partial charge in [-0.15, -0.1) is 12.4 Å². The lowest BCUT2D eigenvalue weighted by atomic mass is 10.2. The van der Waals surface area contributed by atoms with Gasteiger partial charge in [0, 0.05) is 26.2 Å². The average molecular weight is 281 g/mol. The van der Waals surface area contributed by atoms with Gasteiger partial charge in [0.05, 0.1) is 7.11 Å². The van der Waals surface area contributed by atoms with E-state index in [0.29, 0.717) is 26.2 Å². The Morgan fingerprint density at radius 3 is 1.67 bits per heavy atom. The highest BCUT2D eigenvalue weighted by atomic mass is 35.5. The molecule has 0 radical (unpaired) electrons. The molecule has 0 N–H and O–H groups in total. The number of hydrogen-bond donors (Lipinski definition) is 0. The van der Waals surface area contributed by atoms with E-state index in [1.807, 2.05) is 20.8 Å². The Morgan fingerprint density at radius 2 is 1.33 bits per heavy atom. The number of carbonyl (C=O) groups is 2. The van der Waals surface area contributed by atoms with Crippen molar-refractivity contribution in [1.82, 2.24) is 9.80 Å². The summed E-state index contributed by atoms with van der Waals surface area (Å²) in [6.07, 6.45) is -0.684. The molecule has 2 amide bonds. The second-order valence-corrected chi connectivity index (χ2v) is 4.92. The number of halogens is 1. The zero-order valence-electron chi connectivity index (χ0n) is 11.3. The number of amides is 2. The van der Waals surface area contributed by atoms with Gasteiger partial charge in [-0.3, -0.25) is 0 Å². The lowest BCUT2D eigenvalue weighted by Crippen LogP contribution is -2.51. The van der Waals surface area contributed by atoms with Gasteiger partial charge in [-0.2, -0.15) is 0 Å². The first-order chi connectivity index (χ1) is 7.83. The van der Waals surface area contributed by atoms with Gasteiger partial charge in [0.2, 0.25) is 0 Å². The summed E-state index contributed by atoms with van der Waals surface area (Å²) in [5, 5.41) is 0. The lowest BCUT2D eigenvalue weighted by Gasteiger charge is -2.34. The first kappa shape index (κ1) is 16.8. The molecule has 1 heterocycles. The zero-order chi connectivity index (χ0) is 13.1. The van der Waals surface area contributed by atoms with Gasteiger partial charge in [0.1, 0.15) is 5.60 Å². The van der Waals surface area contributed by atoms with E-state index in [2.05, 4.69) is 4.74 Å². The minimum Gasteiger partial charge on any atom is -0.453 e. The Morgan fingerprint density at radius 1 is 0.944 bits per heavy atom. The third kappa shape index (κ3) is 5.00. The Hall–Kier alpha value is -1.17. The van der Waals surface area contributed by atoms with Gasteiger partial charge < -0.3 is 19.3 Å². The Bertz CT molecular complexity index is 296. The molecule has 1 aliphatic rings. The third-order valence-corrected chi connectivity index (χ3v) is 2.36. The number of ether oxygens (including phenoxy) is 2. The summed E-state index contributed by atoms with van der Waals surface area (Å²) in [4.78, 5) is 26.1. The Kier molecular flexibility index (Phi) is 6.25. The molecule has 0 bridgehead atoms. The van der Waals surface area contributed by atoms with Crippen LogP contribution in [-0.4, -0.2) is 60.9 Å². The molecule has 0 aliphatic carbocycles. The largest absolute Gasteiger partial charge is 0.453 e. The smallest absolute Gasteiger partial charge is 0.410 e. The van der Waals surface area contributed by atoms with Gasteiger partial charge in [-0.1, -0.05) is 0 Å². The van der Waals surface area contributed by atoms with E-state index in [1.165, 1.54) is 7.11 Å². The van der Waals surface area contributed by atoms with Crippen LogP contribution in [0.3, 0.4) is 0 Å². The van der Waals surface area contributed by atoms with Crippen LogP contribution in [0.1, 0.15) is 20.8 Å². The summed E-state index contributed by atoms with van der Waals surface area (Å²) in [7, 11) is 1.35. The van der Waals surface area contributed by atoms with Crippen molar-refractivity contribution in [3.63, 3.8) is 0 Å². The number of carbonyl (C=O) groups excluding carboxylic acids is 2. The van der Waals surface area contributed by atoms with E-state index in [1.54, 1.807) is 9.80 Å². The van der Waals surface area contributed by atoms with Crippen LogP contribution in [0.4, 0.5) is 9.59 Å². The molecule has 0 aromatic carbocycles. The van der Waals surface area contributed by atoms with Gasteiger partial charge in [0.15, 0.2) is 0 Å². The molecule has 18 heavy (non-hydrogen) atoms. The van der Waals surface area contributed by atoms with E-state index in [9.17, 15) is 9.59 Å². The third-order valence-electron chi connectivity index (χ3n) is 2.36. The van der Waals surface area contributed by atoms with Crippen LogP contribution in [-0.2, 0) is 9.47 Å². The van der Waals surface area contributed by atoms with Crippen LogP contribution in [0.15, 0.2) is 0 Å². The van der Waals surface area contributed by atoms with Crippen LogP contribution in [0.5, 0.6) is 0 Å². The molecule has 1 fully saturated rings. The zero-order valence-corrected chi connectivity index (χ0v) is 12.1. The number of piperazine rings is 1. The second kappa shape index (κ2) is 6.68. The van der Waals surface area contributed by atoms with E-state index in [-0.39, 0.29) is 24.6 Å². The van der Waals surface area contributed by atoms with E-state index in [0.717, 1.165) is 0 Å². The minimum atomic E-state index is -0.490. The second-order valence-electron chi connectivity index (χ2n) is 4.92. The average Bonchev–Trinajstić information content (AvgIpc) is 2.26. The van der Waals surface area contributed by atoms with Crippen molar-refractivity contribution in [2.45, 2.75) is 26.4 Å². The Labute approximate surface area is 114 Å². The van der Waals surface area contributed by atoms with Gasteiger partial charge in [-0.25, -0.2) is 9.59 Å². The van der Waals surface area contributed by atoms with Crippen molar-refractivity contribution in [3.05, 3.63) is 0 Å². The monoisotopic (exact) mass is 280 g/mol. The van der Waals surface area contributed by atoms with Crippen LogP contribution in [0.2, 0.25) is 0 Å². The fraction of sp³-hybridized carbons (Fsp3) is 0.818. The minimum absolute atomic E-state index is 0. The first-order valence-electron chi connectivity index (χ1n) is 5.64. The predicted molar refractivity (Wildman–Crippen MR) is 69.0 cm³/mol. The van der Waals surface area contributed by atoms with Crippen molar-refractivity contribution in [2.24, 2.45) is 0 Å². The van der Waals surface area contributed by atoms with Crippen LogP contribution in [0, 0.1) is 0 Å². The molecule has 0 saturated carbocycles. The lowest BCUT2D eigenvalue weighted by molar-refractivity contribution is 0.0141. The van der Waals surface area contributed by atoms with E-state index >= 15 is 0 Å². The molecule has 106 valence electrons. The highest BCUT2D eigenvalue weighted by Gasteiger charge is 2.27. The summed E-state index contributed by atoms with van der Waals surface area (Å²) in [5.41, 5.74) is -0.490. The quantitative estimate of drug-likeness (QED) is 0.678. The number of hydrogen-bond acceptors (Lipinski definition) is 4. The molecule has 7 heteroatoms. The number of rotatable bonds is 0. The molecule has 0 aromatic rings. The molecule has 0 spiro atoms. The van der Waals surface area contributed by atoms with Crippen molar-refractivity contribution in [1.29, 1.82) is 0 Å². The Balaban J connectivity index is 0.00000289. The van der Waals surface area contributed by atoms with Gasteiger partial charge in [0.25, 0.3) is 0 Å². The van der Waals surface area contributed by atoms with E-state index < -0.39 is 5.60 Å². The highest BCUT2D eigenvalue weighted by Crippen LogP contribution is 2.12. The SMILES string of the molecule is COC(=O)N1CCN(C(=O)OC(C)(C)C)CC1.Cl. The maximum atomic E-state index is 11.7. The molecular formula is C11H21ClN2O4. The molecule has 0 unspecified atom stereocenters. The topological polar surface area (TPSA) is 59.1 Å². The number of methoxy groups -OCH3 is 1. The summed E-state index contributed by atoms with van der Waals surface area (Å²) < 4.78 is 9.87. The maximum Gasteiger partial charge on any atom is 0.410 e. The van der Waals surface area contributed by atoms with Crippen molar-refractivity contribution in [3.8, 4) is 0 Å². The summed E-state index contributed by atoms with van der Waals surface area (Å²) in [6, 6.07) is 0. The first-order valence-corrected chi connectivity index (χ1v) is 5.64. The molecule has 6 nitrogen and oxygen atoms in total. The van der Waals surface area contributed by atoms with E-state index in [4.69, 9.17) is 4.74 Å². The van der Waals surface area contributed by atoms with Crippen molar-refractivity contribution in [2.75, 3.05) is 33.3 Å². The molecule has 0 atom stereocenters. The normalized spacial score (nSPS) is 15.8. The van der Waals surface area contributed by atoms with Crippen molar-refractivity contribution >= 4 is 24.6 Å². The maximum absolute atomic E-state index is 11.7. The fourth-order valence-corrected chi connectivity index (χ4v) is 1.53. The fourth-order valence-electron chi connectivity index (χ4n) is 1.53. The molecule has 1 aliphatic heterocycles. The summed E-state index contributed by atoms with van der Waals surface area (Å²) >= 11 is 0. The number of nitrogens with zero attached hydrogens (tertiary/aromatic N) is 2. The molecule has 1 rings (SSSR count). The van der Waals surface area contributed by atoms with Crippen molar-refractivity contribution < 1.29 is 19.1 Å².